The van der Waals surface area contributed by atoms with Gasteiger partial charge in [0.15, 0.2) is 5.82 Å². The molecule has 5 nitrogen and oxygen atoms in total. The maximum Gasteiger partial charge on any atom is 0.286 e. The maximum atomic E-state index is 13.8. The first kappa shape index (κ1) is 12.3. The molecular formula is C10H10BrFN2O3. The molecule has 1 aliphatic rings. The van der Waals surface area contributed by atoms with E-state index in [0.29, 0.717) is 32.0 Å². The molecule has 0 aromatic heterocycles. The molecule has 0 saturated carbocycles. The highest BCUT2D eigenvalue weighted by Gasteiger charge is 2.21. The summed E-state index contributed by atoms with van der Waals surface area (Å²) in [6, 6.07) is 2.38. The van der Waals surface area contributed by atoms with Crippen LogP contribution in [-0.4, -0.2) is 31.2 Å². The van der Waals surface area contributed by atoms with E-state index in [4.69, 9.17) is 4.74 Å². The van der Waals surface area contributed by atoms with Crippen molar-refractivity contribution in [3.63, 3.8) is 0 Å². The Balaban J connectivity index is 2.35. The first-order valence-corrected chi connectivity index (χ1v) is 5.85. The summed E-state index contributed by atoms with van der Waals surface area (Å²) in [7, 11) is 0. The van der Waals surface area contributed by atoms with Crippen molar-refractivity contribution in [1.82, 2.24) is 0 Å². The Kier molecular flexibility index (Phi) is 3.58. The van der Waals surface area contributed by atoms with E-state index in [1.165, 1.54) is 6.07 Å². The normalized spacial score (nSPS) is 16.0. The maximum absolute atomic E-state index is 13.8. The van der Waals surface area contributed by atoms with Crippen LogP contribution in [0.25, 0.3) is 0 Å². The van der Waals surface area contributed by atoms with Crippen LogP contribution in [-0.2, 0) is 4.74 Å². The molecule has 7 heteroatoms. The van der Waals surface area contributed by atoms with Crippen molar-refractivity contribution in [2.45, 2.75) is 0 Å². The lowest BCUT2D eigenvalue weighted by Crippen LogP contribution is -2.36. The second-order valence-electron chi connectivity index (χ2n) is 3.61. The van der Waals surface area contributed by atoms with Crippen LogP contribution in [0.2, 0.25) is 0 Å². The van der Waals surface area contributed by atoms with E-state index in [2.05, 4.69) is 15.9 Å². The third-order valence-corrected chi connectivity index (χ3v) is 3.20. The van der Waals surface area contributed by atoms with Gasteiger partial charge in [-0.1, -0.05) is 0 Å². The number of rotatable bonds is 2. The Morgan fingerprint density at radius 3 is 2.65 bits per heavy atom. The fourth-order valence-corrected chi connectivity index (χ4v) is 2.19. The SMILES string of the molecule is O=[N+]([O-])c1cc(F)c(N2CCOCC2)cc1Br. The monoisotopic (exact) mass is 304 g/mol. The van der Waals surface area contributed by atoms with Gasteiger partial charge in [-0.15, -0.1) is 0 Å². The van der Waals surface area contributed by atoms with Gasteiger partial charge in [0, 0.05) is 13.1 Å². The van der Waals surface area contributed by atoms with Gasteiger partial charge in [-0.05, 0) is 22.0 Å². The summed E-state index contributed by atoms with van der Waals surface area (Å²) < 4.78 is 19.2. The second-order valence-corrected chi connectivity index (χ2v) is 4.47. The summed E-state index contributed by atoms with van der Waals surface area (Å²) in [6.07, 6.45) is 0. The lowest BCUT2D eigenvalue weighted by atomic mass is 10.2. The third kappa shape index (κ3) is 2.55. The van der Waals surface area contributed by atoms with Gasteiger partial charge in [-0.2, -0.15) is 0 Å². The average Bonchev–Trinajstić information content (AvgIpc) is 2.32. The van der Waals surface area contributed by atoms with Gasteiger partial charge in [-0.3, -0.25) is 10.1 Å². The number of nitro benzene ring substituents is 1. The number of nitrogens with zero attached hydrogens (tertiary/aromatic N) is 2. The van der Waals surface area contributed by atoms with Crippen LogP contribution in [0.5, 0.6) is 0 Å². The van der Waals surface area contributed by atoms with Crippen molar-refractivity contribution in [2.75, 3.05) is 31.2 Å². The van der Waals surface area contributed by atoms with E-state index in [1.54, 1.807) is 0 Å². The summed E-state index contributed by atoms with van der Waals surface area (Å²) in [5.74, 6) is -0.582. The fraction of sp³-hybridized carbons (Fsp3) is 0.400. The molecule has 0 aliphatic carbocycles. The molecule has 0 amide bonds. The van der Waals surface area contributed by atoms with E-state index in [9.17, 15) is 14.5 Å². The molecular weight excluding hydrogens is 295 g/mol. The number of hydrogen-bond acceptors (Lipinski definition) is 4. The minimum absolute atomic E-state index is 0.264. The largest absolute Gasteiger partial charge is 0.378 e. The lowest BCUT2D eigenvalue weighted by Gasteiger charge is -2.29. The van der Waals surface area contributed by atoms with Crippen LogP contribution in [0.4, 0.5) is 15.8 Å². The van der Waals surface area contributed by atoms with Crippen LogP contribution >= 0.6 is 15.9 Å². The Bertz CT molecular complexity index is 449. The highest BCUT2D eigenvalue weighted by Crippen LogP contribution is 2.32. The van der Waals surface area contributed by atoms with E-state index in [1.807, 2.05) is 4.90 Å². The molecule has 2 rings (SSSR count). The van der Waals surface area contributed by atoms with Gasteiger partial charge in [-0.25, -0.2) is 4.39 Å². The predicted molar refractivity (Wildman–Crippen MR) is 63.8 cm³/mol. The molecule has 0 radical (unpaired) electrons. The van der Waals surface area contributed by atoms with Gasteiger partial charge >= 0.3 is 0 Å². The third-order valence-electron chi connectivity index (χ3n) is 2.56. The molecule has 0 N–H and O–H groups in total. The molecule has 92 valence electrons. The Morgan fingerprint density at radius 1 is 1.41 bits per heavy atom. The van der Waals surface area contributed by atoms with Crippen molar-refractivity contribution < 1.29 is 14.1 Å². The molecule has 0 unspecified atom stereocenters. The summed E-state index contributed by atoms with van der Waals surface area (Å²) in [5, 5.41) is 10.6. The standard InChI is InChI=1S/C10H10BrFN2O3/c11-7-5-10(13-1-3-17-4-2-13)8(12)6-9(7)14(15)16/h5-6H,1-4H2. The van der Waals surface area contributed by atoms with Gasteiger partial charge < -0.3 is 9.64 Å². The summed E-state index contributed by atoms with van der Waals surface area (Å²) in [6.45, 7) is 2.24. The zero-order valence-corrected chi connectivity index (χ0v) is 10.4. The minimum atomic E-state index is -0.615. The number of nitro groups is 1. The topological polar surface area (TPSA) is 55.6 Å². The molecule has 1 saturated heterocycles. The molecule has 1 heterocycles. The first-order chi connectivity index (χ1) is 8.09. The van der Waals surface area contributed by atoms with E-state index < -0.39 is 10.7 Å². The van der Waals surface area contributed by atoms with E-state index >= 15 is 0 Å². The zero-order valence-electron chi connectivity index (χ0n) is 8.86. The quantitative estimate of drug-likeness (QED) is 0.621. The lowest BCUT2D eigenvalue weighted by molar-refractivity contribution is -0.385. The molecule has 0 atom stereocenters. The molecule has 1 aromatic rings. The number of benzene rings is 1. The highest BCUT2D eigenvalue weighted by molar-refractivity contribution is 9.10. The summed E-state index contributed by atoms with van der Waals surface area (Å²) >= 11 is 3.08. The van der Waals surface area contributed by atoms with Crippen LogP contribution in [0.1, 0.15) is 0 Å². The van der Waals surface area contributed by atoms with Gasteiger partial charge in [0.25, 0.3) is 5.69 Å². The molecule has 0 spiro atoms. The Morgan fingerprint density at radius 2 is 2.06 bits per heavy atom. The minimum Gasteiger partial charge on any atom is -0.378 e. The van der Waals surface area contributed by atoms with Gasteiger partial charge in [0.05, 0.1) is 34.4 Å². The van der Waals surface area contributed by atoms with E-state index in [0.717, 1.165) is 6.07 Å². The second kappa shape index (κ2) is 4.97. The molecule has 1 fully saturated rings. The van der Waals surface area contributed by atoms with Crippen LogP contribution in [0.3, 0.4) is 0 Å². The Labute approximate surface area is 105 Å². The van der Waals surface area contributed by atoms with Gasteiger partial charge in [0.2, 0.25) is 0 Å². The first-order valence-electron chi connectivity index (χ1n) is 5.05. The van der Waals surface area contributed by atoms with Crippen LogP contribution in [0, 0.1) is 15.9 Å². The molecule has 17 heavy (non-hydrogen) atoms. The fourth-order valence-electron chi connectivity index (χ4n) is 1.71. The number of halogens is 2. The van der Waals surface area contributed by atoms with E-state index in [-0.39, 0.29) is 10.2 Å². The number of hydrogen-bond donors (Lipinski definition) is 0. The summed E-state index contributed by atoms with van der Waals surface area (Å²) in [5.41, 5.74) is 0.102. The highest BCUT2D eigenvalue weighted by atomic mass is 79.9. The molecule has 1 aromatic carbocycles. The number of morpholine rings is 1. The van der Waals surface area contributed by atoms with Crippen molar-refractivity contribution in [3.8, 4) is 0 Å². The van der Waals surface area contributed by atoms with Crippen molar-refractivity contribution in [2.24, 2.45) is 0 Å². The summed E-state index contributed by atoms with van der Waals surface area (Å²) in [4.78, 5) is 11.8. The number of anilines is 1. The van der Waals surface area contributed by atoms with Crippen molar-refractivity contribution in [1.29, 1.82) is 0 Å². The van der Waals surface area contributed by atoms with Crippen LogP contribution in [0.15, 0.2) is 16.6 Å². The predicted octanol–water partition coefficient (Wildman–Crippen LogP) is 2.33. The van der Waals surface area contributed by atoms with Gasteiger partial charge in [0.1, 0.15) is 0 Å². The van der Waals surface area contributed by atoms with Crippen LogP contribution < -0.4 is 4.90 Å². The smallest absolute Gasteiger partial charge is 0.286 e. The zero-order chi connectivity index (χ0) is 12.4. The Hall–Kier alpha value is -1.21. The molecule has 1 aliphatic heterocycles. The molecule has 0 bridgehead atoms. The number of ether oxygens (including phenoxy) is 1. The van der Waals surface area contributed by atoms with Crippen molar-refractivity contribution >= 4 is 27.3 Å². The van der Waals surface area contributed by atoms with Crippen molar-refractivity contribution in [3.05, 3.63) is 32.5 Å². The average molecular weight is 305 g/mol.